The molecule has 0 atom stereocenters. The van der Waals surface area contributed by atoms with Gasteiger partial charge >= 0.3 is 0 Å². The molecule has 0 bridgehead atoms. The Morgan fingerprint density at radius 2 is 2.16 bits per heavy atom. The molecule has 5 N–H and O–H groups in total. The SMILES string of the molecule is Cl.NCCn1[nH]c2c(ccc3nncc32)c1C(N)=O. The third kappa shape index (κ3) is 1.92. The van der Waals surface area contributed by atoms with Crippen molar-refractivity contribution in [2.45, 2.75) is 6.54 Å². The van der Waals surface area contributed by atoms with Crippen LogP contribution in [0.25, 0.3) is 21.8 Å². The van der Waals surface area contributed by atoms with Crippen molar-refractivity contribution in [1.29, 1.82) is 0 Å². The molecular weight excluding hydrogens is 268 g/mol. The Balaban J connectivity index is 0.00000133. The minimum atomic E-state index is -0.485. The van der Waals surface area contributed by atoms with Crippen molar-refractivity contribution >= 4 is 40.1 Å². The fourth-order valence-corrected chi connectivity index (χ4v) is 2.19. The zero-order valence-electron chi connectivity index (χ0n) is 9.96. The molecule has 0 aliphatic heterocycles. The van der Waals surface area contributed by atoms with Gasteiger partial charge in [-0.15, -0.1) is 12.4 Å². The van der Waals surface area contributed by atoms with Crippen LogP contribution in [0.5, 0.6) is 0 Å². The summed E-state index contributed by atoms with van der Waals surface area (Å²) in [7, 11) is 0. The lowest BCUT2D eigenvalue weighted by atomic mass is 10.1. The van der Waals surface area contributed by atoms with Gasteiger partial charge in [0.15, 0.2) is 0 Å². The van der Waals surface area contributed by atoms with Crippen LogP contribution in [0.2, 0.25) is 0 Å². The third-order valence-electron chi connectivity index (χ3n) is 2.93. The van der Waals surface area contributed by atoms with Gasteiger partial charge in [-0.1, -0.05) is 0 Å². The maximum Gasteiger partial charge on any atom is 0.267 e. The van der Waals surface area contributed by atoms with Crippen LogP contribution in [0.15, 0.2) is 18.3 Å². The minimum Gasteiger partial charge on any atom is -0.364 e. The van der Waals surface area contributed by atoms with Gasteiger partial charge in [-0.25, -0.2) is 0 Å². The average molecular weight is 281 g/mol. The van der Waals surface area contributed by atoms with Gasteiger partial charge in [0.2, 0.25) is 0 Å². The number of nitrogens with zero attached hydrogens (tertiary/aromatic N) is 3. The van der Waals surface area contributed by atoms with Crippen LogP contribution in [-0.4, -0.2) is 32.4 Å². The normalized spacial score (nSPS) is 10.8. The Labute approximate surface area is 114 Å². The molecule has 7 nitrogen and oxygen atoms in total. The smallest absolute Gasteiger partial charge is 0.267 e. The molecule has 0 aliphatic rings. The molecule has 1 aromatic carbocycles. The number of nitrogens with one attached hydrogen (secondary N) is 1. The van der Waals surface area contributed by atoms with Gasteiger partial charge in [0.25, 0.3) is 5.91 Å². The van der Waals surface area contributed by atoms with E-state index in [1.54, 1.807) is 10.9 Å². The number of nitrogens with two attached hydrogens (primary N) is 2. The maximum atomic E-state index is 11.6. The molecule has 100 valence electrons. The first-order valence-electron chi connectivity index (χ1n) is 5.55. The number of benzene rings is 1. The van der Waals surface area contributed by atoms with Crippen LogP contribution in [0, 0.1) is 0 Å². The number of carbonyl (C=O) groups is 1. The number of aromatic amines is 1. The van der Waals surface area contributed by atoms with E-state index in [-0.39, 0.29) is 12.4 Å². The number of hydrogen-bond donors (Lipinski definition) is 3. The Morgan fingerprint density at radius 1 is 1.37 bits per heavy atom. The van der Waals surface area contributed by atoms with E-state index in [2.05, 4.69) is 15.3 Å². The van der Waals surface area contributed by atoms with Crippen molar-refractivity contribution in [3.63, 3.8) is 0 Å². The Hall–Kier alpha value is -2.12. The summed E-state index contributed by atoms with van der Waals surface area (Å²) in [5.41, 5.74) is 13.0. The molecule has 2 aromatic heterocycles. The number of fused-ring (bicyclic) bond motifs is 3. The van der Waals surface area contributed by atoms with Crippen molar-refractivity contribution in [2.75, 3.05) is 6.54 Å². The number of carbonyl (C=O) groups excluding carboxylic acids is 1. The Bertz CT molecular complexity index is 746. The van der Waals surface area contributed by atoms with Gasteiger partial charge in [-0.05, 0) is 12.1 Å². The van der Waals surface area contributed by atoms with E-state index >= 15 is 0 Å². The molecule has 3 rings (SSSR count). The van der Waals surface area contributed by atoms with E-state index in [0.29, 0.717) is 18.8 Å². The number of amides is 1. The first-order valence-corrected chi connectivity index (χ1v) is 5.55. The summed E-state index contributed by atoms with van der Waals surface area (Å²) in [5.74, 6) is -0.485. The van der Waals surface area contributed by atoms with E-state index in [0.717, 1.165) is 21.8 Å². The van der Waals surface area contributed by atoms with Gasteiger partial charge in [-0.2, -0.15) is 10.2 Å². The summed E-state index contributed by atoms with van der Waals surface area (Å²) in [6.45, 7) is 0.911. The lowest BCUT2D eigenvalue weighted by molar-refractivity contribution is 0.0991. The number of primary amides is 1. The molecule has 2 heterocycles. The van der Waals surface area contributed by atoms with Crippen LogP contribution in [-0.2, 0) is 6.54 Å². The first-order chi connectivity index (χ1) is 8.72. The van der Waals surface area contributed by atoms with Crippen LogP contribution in [0.4, 0.5) is 0 Å². The van der Waals surface area contributed by atoms with Gasteiger partial charge in [0, 0.05) is 17.3 Å². The van der Waals surface area contributed by atoms with Crippen LogP contribution < -0.4 is 11.5 Å². The van der Waals surface area contributed by atoms with Gasteiger partial charge < -0.3 is 11.5 Å². The molecule has 0 aliphatic carbocycles. The highest BCUT2D eigenvalue weighted by atomic mass is 35.5. The monoisotopic (exact) mass is 280 g/mol. The highest BCUT2D eigenvalue weighted by Crippen LogP contribution is 2.25. The molecule has 3 aromatic rings. The summed E-state index contributed by atoms with van der Waals surface area (Å²) in [6.07, 6.45) is 1.66. The van der Waals surface area contributed by atoms with Crippen molar-refractivity contribution in [3.05, 3.63) is 24.0 Å². The fourth-order valence-electron chi connectivity index (χ4n) is 2.19. The van der Waals surface area contributed by atoms with Gasteiger partial charge in [0.1, 0.15) is 5.69 Å². The maximum absolute atomic E-state index is 11.6. The van der Waals surface area contributed by atoms with E-state index in [1.807, 2.05) is 12.1 Å². The zero-order chi connectivity index (χ0) is 12.7. The fraction of sp³-hybridized carbons (Fsp3) is 0.182. The highest BCUT2D eigenvalue weighted by molar-refractivity contribution is 6.12. The second-order valence-electron chi connectivity index (χ2n) is 4.03. The van der Waals surface area contributed by atoms with Crippen molar-refractivity contribution in [1.82, 2.24) is 20.0 Å². The summed E-state index contributed by atoms with van der Waals surface area (Å²) in [6, 6.07) is 3.63. The summed E-state index contributed by atoms with van der Waals surface area (Å²) >= 11 is 0. The minimum absolute atomic E-state index is 0. The Kier molecular flexibility index (Phi) is 3.41. The number of H-pyrrole nitrogens is 1. The standard InChI is InChI=1S/C11H12N6O.ClH/c12-3-4-17-10(11(13)18)6-1-2-8-7(5-14-15-8)9(6)16-17;/h1-2,5,16H,3-4,12H2,(H2,13,18);1H. The number of halogens is 1. The molecule has 8 heteroatoms. The largest absolute Gasteiger partial charge is 0.364 e. The molecule has 0 saturated carbocycles. The van der Waals surface area contributed by atoms with Gasteiger partial charge in [0.05, 0.1) is 23.8 Å². The molecule has 0 unspecified atom stereocenters. The molecule has 0 fully saturated rings. The Morgan fingerprint density at radius 3 is 2.84 bits per heavy atom. The lowest BCUT2D eigenvalue weighted by Crippen LogP contribution is -2.21. The summed E-state index contributed by atoms with van der Waals surface area (Å²) in [4.78, 5) is 11.6. The second-order valence-corrected chi connectivity index (χ2v) is 4.03. The van der Waals surface area contributed by atoms with Gasteiger partial charge in [-0.3, -0.25) is 14.6 Å². The van der Waals surface area contributed by atoms with Crippen LogP contribution >= 0.6 is 12.4 Å². The summed E-state index contributed by atoms with van der Waals surface area (Å²) in [5, 5.41) is 12.6. The van der Waals surface area contributed by atoms with Crippen molar-refractivity contribution in [3.8, 4) is 0 Å². The zero-order valence-corrected chi connectivity index (χ0v) is 10.8. The third-order valence-corrected chi connectivity index (χ3v) is 2.93. The quantitative estimate of drug-likeness (QED) is 0.643. The highest BCUT2D eigenvalue weighted by Gasteiger charge is 2.16. The molecule has 19 heavy (non-hydrogen) atoms. The first kappa shape index (κ1) is 13.3. The van der Waals surface area contributed by atoms with E-state index in [1.165, 1.54) is 0 Å². The second kappa shape index (κ2) is 4.87. The van der Waals surface area contributed by atoms with Crippen LogP contribution in [0.1, 0.15) is 10.5 Å². The van der Waals surface area contributed by atoms with Crippen LogP contribution in [0.3, 0.4) is 0 Å². The average Bonchev–Trinajstić information content (AvgIpc) is 2.90. The molecule has 0 spiro atoms. The topological polar surface area (TPSA) is 116 Å². The predicted octanol–water partition coefficient (Wildman–Crippen LogP) is 0.392. The van der Waals surface area contributed by atoms with Crippen molar-refractivity contribution < 1.29 is 4.79 Å². The summed E-state index contributed by atoms with van der Waals surface area (Å²) < 4.78 is 1.67. The molecule has 0 radical (unpaired) electrons. The van der Waals surface area contributed by atoms with Crippen molar-refractivity contribution in [2.24, 2.45) is 11.5 Å². The molecule has 1 amide bonds. The molecule has 0 saturated heterocycles. The predicted molar refractivity (Wildman–Crippen MR) is 74.2 cm³/mol. The van der Waals surface area contributed by atoms with E-state index < -0.39 is 5.91 Å². The number of aromatic nitrogens is 4. The molecular formula is C11H13ClN6O. The van der Waals surface area contributed by atoms with E-state index in [9.17, 15) is 4.79 Å². The number of hydrogen-bond acceptors (Lipinski definition) is 4. The number of rotatable bonds is 3. The van der Waals surface area contributed by atoms with E-state index in [4.69, 9.17) is 11.5 Å². The lowest BCUT2D eigenvalue weighted by Gasteiger charge is -2.03.